The highest BCUT2D eigenvalue weighted by Crippen LogP contribution is 2.33. The molecule has 2 heterocycles. The van der Waals surface area contributed by atoms with Crippen LogP contribution in [-0.2, 0) is 6.61 Å². The summed E-state index contributed by atoms with van der Waals surface area (Å²) < 4.78 is 18.7. The summed E-state index contributed by atoms with van der Waals surface area (Å²) in [7, 11) is 0. The Hall–Kier alpha value is -2.41. The lowest BCUT2D eigenvalue weighted by Gasteiger charge is -2.41. The van der Waals surface area contributed by atoms with Gasteiger partial charge in [0.05, 0.1) is 12.3 Å². The van der Waals surface area contributed by atoms with Crippen molar-refractivity contribution in [3.63, 3.8) is 0 Å². The van der Waals surface area contributed by atoms with E-state index in [4.69, 9.17) is 4.74 Å². The van der Waals surface area contributed by atoms with E-state index in [9.17, 15) is 14.3 Å². The van der Waals surface area contributed by atoms with Crippen molar-refractivity contribution in [1.29, 1.82) is 0 Å². The number of carbonyl (C=O) groups excluding carboxylic acids is 1. The van der Waals surface area contributed by atoms with Crippen LogP contribution in [-0.4, -0.2) is 45.8 Å². The smallest absolute Gasteiger partial charge is 0.274 e. The van der Waals surface area contributed by atoms with Crippen LogP contribution in [0.25, 0.3) is 0 Å². The molecule has 0 aliphatic carbocycles. The fraction of sp³-hybridized carbons (Fsp3) is 0.474. The minimum Gasteiger partial charge on any atom is -0.487 e. The van der Waals surface area contributed by atoms with E-state index in [1.807, 2.05) is 6.92 Å². The number of carbonyl (C=O) groups is 1. The lowest BCUT2D eigenvalue weighted by Crippen LogP contribution is -2.47. The summed E-state index contributed by atoms with van der Waals surface area (Å²) >= 11 is 0. The molecule has 1 atom stereocenters. The number of hydrogen-bond donors (Lipinski definition) is 2. The van der Waals surface area contributed by atoms with Gasteiger partial charge in [-0.15, -0.1) is 0 Å². The zero-order valence-electron chi connectivity index (χ0n) is 14.9. The molecule has 0 bridgehead atoms. The van der Waals surface area contributed by atoms with Gasteiger partial charge < -0.3 is 14.7 Å². The monoisotopic (exact) mass is 361 g/mol. The number of ether oxygens (including phenoxy) is 1. The van der Waals surface area contributed by atoms with Crippen molar-refractivity contribution >= 4 is 5.91 Å². The van der Waals surface area contributed by atoms with E-state index in [2.05, 4.69) is 10.2 Å². The molecule has 6 nitrogen and oxygen atoms in total. The Kier molecular flexibility index (Phi) is 5.56. The van der Waals surface area contributed by atoms with Crippen LogP contribution in [0.15, 0.2) is 30.3 Å². The molecule has 1 aliphatic rings. The molecule has 0 radical (unpaired) electrons. The van der Waals surface area contributed by atoms with Gasteiger partial charge in [-0.05, 0) is 37.5 Å². The van der Waals surface area contributed by atoms with E-state index in [0.29, 0.717) is 30.2 Å². The second-order valence-corrected chi connectivity index (χ2v) is 6.87. The number of nitrogens with zero attached hydrogens (tertiary/aromatic N) is 2. The number of H-pyrrole nitrogens is 1. The Morgan fingerprint density at radius 2 is 2.31 bits per heavy atom. The summed E-state index contributed by atoms with van der Waals surface area (Å²) in [5, 5.41) is 16.6. The van der Waals surface area contributed by atoms with Gasteiger partial charge in [0.15, 0.2) is 5.69 Å². The van der Waals surface area contributed by atoms with Crippen LogP contribution < -0.4 is 4.74 Å². The maximum absolute atomic E-state index is 13.2. The normalized spacial score (nSPS) is 20.2. The molecule has 2 aromatic rings. The number of piperidine rings is 1. The summed E-state index contributed by atoms with van der Waals surface area (Å²) in [5.41, 5.74) is 0.749. The van der Waals surface area contributed by atoms with Gasteiger partial charge in [0, 0.05) is 24.6 Å². The van der Waals surface area contributed by atoms with Crippen molar-refractivity contribution in [2.45, 2.75) is 32.8 Å². The molecule has 1 aliphatic heterocycles. The lowest BCUT2D eigenvalue weighted by atomic mass is 9.78. The SMILES string of the molecule is CC[C@@]1(CO)CCCN(C(=O)c2cc(COc3cccc(F)c3)[nH]n2)C1. The van der Waals surface area contributed by atoms with Crippen LogP contribution in [0.3, 0.4) is 0 Å². The van der Waals surface area contributed by atoms with E-state index in [1.165, 1.54) is 12.1 Å². The molecule has 140 valence electrons. The number of rotatable bonds is 6. The molecule has 1 aromatic carbocycles. The fourth-order valence-electron chi connectivity index (χ4n) is 3.34. The highest BCUT2D eigenvalue weighted by molar-refractivity contribution is 5.92. The van der Waals surface area contributed by atoms with Crippen LogP contribution in [0.4, 0.5) is 4.39 Å². The quantitative estimate of drug-likeness (QED) is 0.829. The molecule has 26 heavy (non-hydrogen) atoms. The third-order valence-electron chi connectivity index (χ3n) is 5.07. The molecular formula is C19H24FN3O3. The average molecular weight is 361 g/mol. The van der Waals surface area contributed by atoms with Gasteiger partial charge in [0.1, 0.15) is 18.2 Å². The van der Waals surface area contributed by atoms with Crippen LogP contribution in [0.5, 0.6) is 5.75 Å². The van der Waals surface area contributed by atoms with Crippen molar-refractivity contribution in [2.75, 3.05) is 19.7 Å². The van der Waals surface area contributed by atoms with Crippen LogP contribution in [0, 0.1) is 11.2 Å². The summed E-state index contributed by atoms with van der Waals surface area (Å²) in [6.07, 6.45) is 2.64. The Labute approximate surface area is 152 Å². The van der Waals surface area contributed by atoms with E-state index in [-0.39, 0.29) is 30.4 Å². The van der Waals surface area contributed by atoms with Crippen LogP contribution in [0.2, 0.25) is 0 Å². The first-order chi connectivity index (χ1) is 12.5. The largest absolute Gasteiger partial charge is 0.487 e. The second kappa shape index (κ2) is 7.86. The first-order valence-electron chi connectivity index (χ1n) is 8.88. The summed E-state index contributed by atoms with van der Waals surface area (Å²) in [4.78, 5) is 14.5. The van der Waals surface area contributed by atoms with E-state index < -0.39 is 0 Å². The molecule has 3 rings (SSSR count). The van der Waals surface area contributed by atoms with E-state index in [0.717, 1.165) is 19.3 Å². The average Bonchev–Trinajstić information content (AvgIpc) is 3.15. The minimum absolute atomic E-state index is 0.0839. The molecular weight excluding hydrogens is 337 g/mol. The molecule has 1 fully saturated rings. The number of benzene rings is 1. The van der Waals surface area contributed by atoms with Gasteiger partial charge in [-0.1, -0.05) is 13.0 Å². The Morgan fingerprint density at radius 1 is 1.46 bits per heavy atom. The Morgan fingerprint density at radius 3 is 3.04 bits per heavy atom. The van der Waals surface area contributed by atoms with Gasteiger partial charge in [0.2, 0.25) is 0 Å². The van der Waals surface area contributed by atoms with Crippen molar-refractivity contribution in [3.8, 4) is 5.75 Å². The molecule has 1 amide bonds. The first kappa shape index (κ1) is 18.4. The first-order valence-corrected chi connectivity index (χ1v) is 8.88. The predicted molar refractivity (Wildman–Crippen MR) is 94.3 cm³/mol. The Bertz CT molecular complexity index is 758. The summed E-state index contributed by atoms with van der Waals surface area (Å²) in [5.74, 6) is -0.0974. The highest BCUT2D eigenvalue weighted by Gasteiger charge is 2.36. The lowest BCUT2D eigenvalue weighted by molar-refractivity contribution is 0.0248. The topological polar surface area (TPSA) is 78.5 Å². The van der Waals surface area contributed by atoms with Gasteiger partial charge >= 0.3 is 0 Å². The molecule has 0 saturated carbocycles. The Balaban J connectivity index is 1.62. The summed E-state index contributed by atoms with van der Waals surface area (Å²) in [6, 6.07) is 7.54. The minimum atomic E-state index is -0.364. The van der Waals surface area contributed by atoms with Crippen molar-refractivity contribution < 1.29 is 19.0 Å². The number of hydrogen-bond acceptors (Lipinski definition) is 4. The standard InChI is InChI=1S/C19H24FN3O3/c1-2-19(13-24)7-4-8-23(12-19)18(25)17-10-15(21-22-17)11-26-16-6-3-5-14(20)9-16/h3,5-6,9-10,24H,2,4,7-8,11-13H2,1H3,(H,21,22)/t19-/m1/s1. The summed E-state index contributed by atoms with van der Waals surface area (Å²) in [6.45, 7) is 3.50. The van der Waals surface area contributed by atoms with Gasteiger partial charge in [-0.3, -0.25) is 9.89 Å². The number of aliphatic hydroxyl groups excluding tert-OH is 1. The third-order valence-corrected chi connectivity index (χ3v) is 5.07. The fourth-order valence-corrected chi connectivity index (χ4v) is 3.34. The molecule has 1 saturated heterocycles. The zero-order chi connectivity index (χ0) is 18.6. The molecule has 7 heteroatoms. The number of aliphatic hydroxyl groups is 1. The van der Waals surface area contributed by atoms with Crippen LogP contribution in [0.1, 0.15) is 42.4 Å². The maximum Gasteiger partial charge on any atom is 0.274 e. The molecule has 2 N–H and O–H groups in total. The van der Waals surface area contributed by atoms with E-state index >= 15 is 0 Å². The number of nitrogens with one attached hydrogen (secondary N) is 1. The predicted octanol–water partition coefficient (Wildman–Crippen LogP) is 2.75. The van der Waals surface area contributed by atoms with Crippen molar-refractivity contribution in [2.24, 2.45) is 5.41 Å². The maximum atomic E-state index is 13.2. The molecule has 0 spiro atoms. The molecule has 1 aromatic heterocycles. The van der Waals surface area contributed by atoms with E-state index in [1.54, 1.807) is 23.1 Å². The van der Waals surface area contributed by atoms with Crippen molar-refractivity contribution in [3.05, 3.63) is 47.5 Å². The van der Waals surface area contributed by atoms with Gasteiger partial charge in [-0.25, -0.2) is 4.39 Å². The van der Waals surface area contributed by atoms with Crippen LogP contribution >= 0.6 is 0 Å². The van der Waals surface area contributed by atoms with Crippen molar-refractivity contribution in [1.82, 2.24) is 15.1 Å². The van der Waals surface area contributed by atoms with Gasteiger partial charge in [-0.2, -0.15) is 5.10 Å². The number of aromatic nitrogens is 2. The third kappa shape index (κ3) is 4.04. The second-order valence-electron chi connectivity index (χ2n) is 6.87. The number of likely N-dealkylation sites (tertiary alicyclic amines) is 1. The molecule has 0 unspecified atom stereocenters. The highest BCUT2D eigenvalue weighted by atomic mass is 19.1. The number of amides is 1. The zero-order valence-corrected chi connectivity index (χ0v) is 14.9. The number of halogens is 1. The number of aromatic amines is 1. The van der Waals surface area contributed by atoms with Gasteiger partial charge in [0.25, 0.3) is 5.91 Å².